The average Bonchev–Trinajstić information content (AvgIpc) is 3.02. The van der Waals surface area contributed by atoms with Crippen molar-refractivity contribution >= 4 is 10.8 Å². The standard InChI is InChI=1S/C24H15F3/c25-24(26,27)17-12-9-16(10-13-17)22-20-8-4-3-7-19(20)21-14-11-15-5-1-2-6-18(15)23(21)22/h1-14,22H. The van der Waals surface area contributed by atoms with Crippen LogP contribution in [-0.2, 0) is 6.18 Å². The lowest BCUT2D eigenvalue weighted by atomic mass is 9.86. The van der Waals surface area contributed by atoms with Crippen LogP contribution in [-0.4, -0.2) is 0 Å². The van der Waals surface area contributed by atoms with Gasteiger partial charge in [-0.15, -0.1) is 0 Å². The fourth-order valence-electron chi connectivity index (χ4n) is 4.20. The molecule has 0 saturated heterocycles. The van der Waals surface area contributed by atoms with Crippen LogP contribution in [0.15, 0.2) is 84.9 Å². The Morgan fingerprint density at radius 3 is 2.11 bits per heavy atom. The van der Waals surface area contributed by atoms with Gasteiger partial charge in [-0.05, 0) is 50.7 Å². The van der Waals surface area contributed by atoms with Crippen molar-refractivity contribution in [2.75, 3.05) is 0 Å². The van der Waals surface area contributed by atoms with Crippen LogP contribution in [0.1, 0.15) is 28.2 Å². The van der Waals surface area contributed by atoms with E-state index in [0.717, 1.165) is 33.0 Å². The number of benzene rings is 4. The largest absolute Gasteiger partial charge is 0.416 e. The van der Waals surface area contributed by atoms with Crippen LogP contribution in [0.4, 0.5) is 13.2 Å². The second-order valence-electron chi connectivity index (χ2n) is 6.89. The van der Waals surface area contributed by atoms with E-state index in [4.69, 9.17) is 0 Å². The molecule has 132 valence electrons. The fraction of sp³-hybridized carbons (Fsp3) is 0.0833. The van der Waals surface area contributed by atoms with E-state index in [1.165, 1.54) is 17.7 Å². The van der Waals surface area contributed by atoms with Gasteiger partial charge in [0.15, 0.2) is 0 Å². The Hall–Kier alpha value is -3.07. The lowest BCUT2D eigenvalue weighted by molar-refractivity contribution is -0.137. The third-order valence-electron chi connectivity index (χ3n) is 5.39. The highest BCUT2D eigenvalue weighted by Gasteiger charge is 2.33. The summed E-state index contributed by atoms with van der Waals surface area (Å²) < 4.78 is 38.9. The molecule has 0 radical (unpaired) electrons. The molecule has 0 bridgehead atoms. The number of alkyl halides is 3. The van der Waals surface area contributed by atoms with Gasteiger partial charge in [0.25, 0.3) is 0 Å². The van der Waals surface area contributed by atoms with Crippen molar-refractivity contribution < 1.29 is 13.2 Å². The summed E-state index contributed by atoms with van der Waals surface area (Å²) in [6.07, 6.45) is -4.32. The van der Waals surface area contributed by atoms with Crippen LogP contribution >= 0.6 is 0 Å². The first-order valence-electron chi connectivity index (χ1n) is 8.82. The molecule has 1 unspecified atom stereocenters. The molecular formula is C24H15F3. The van der Waals surface area contributed by atoms with Gasteiger partial charge in [-0.2, -0.15) is 13.2 Å². The Morgan fingerprint density at radius 1 is 0.630 bits per heavy atom. The topological polar surface area (TPSA) is 0 Å². The normalized spacial score (nSPS) is 15.6. The molecule has 0 heterocycles. The summed E-state index contributed by atoms with van der Waals surface area (Å²) in [5, 5.41) is 2.29. The maximum atomic E-state index is 13.0. The predicted molar refractivity (Wildman–Crippen MR) is 102 cm³/mol. The molecule has 0 nitrogen and oxygen atoms in total. The van der Waals surface area contributed by atoms with E-state index in [2.05, 4.69) is 36.4 Å². The van der Waals surface area contributed by atoms with E-state index in [-0.39, 0.29) is 5.92 Å². The Balaban J connectivity index is 1.77. The molecule has 4 aromatic rings. The molecule has 1 aliphatic carbocycles. The molecule has 0 amide bonds. The van der Waals surface area contributed by atoms with Crippen molar-refractivity contribution in [1.29, 1.82) is 0 Å². The first-order valence-corrected chi connectivity index (χ1v) is 8.82. The summed E-state index contributed by atoms with van der Waals surface area (Å²) in [4.78, 5) is 0. The highest BCUT2D eigenvalue weighted by molar-refractivity contribution is 5.97. The van der Waals surface area contributed by atoms with Gasteiger partial charge >= 0.3 is 6.18 Å². The van der Waals surface area contributed by atoms with E-state index in [1.807, 2.05) is 24.3 Å². The van der Waals surface area contributed by atoms with Crippen molar-refractivity contribution in [3.8, 4) is 11.1 Å². The number of rotatable bonds is 1. The number of halogens is 3. The minimum atomic E-state index is -4.32. The Bertz CT molecular complexity index is 1150. The zero-order valence-electron chi connectivity index (χ0n) is 14.3. The van der Waals surface area contributed by atoms with Crippen molar-refractivity contribution in [2.24, 2.45) is 0 Å². The SMILES string of the molecule is FC(F)(F)c1ccc(C2c3ccccc3-c3ccc4ccccc4c32)cc1. The summed E-state index contributed by atoms with van der Waals surface area (Å²) in [6.45, 7) is 0. The maximum absolute atomic E-state index is 13.0. The van der Waals surface area contributed by atoms with Gasteiger partial charge in [0.1, 0.15) is 0 Å². The number of hydrogen-bond acceptors (Lipinski definition) is 0. The second kappa shape index (κ2) is 5.71. The zero-order chi connectivity index (χ0) is 18.6. The fourth-order valence-corrected chi connectivity index (χ4v) is 4.20. The van der Waals surface area contributed by atoms with Crippen molar-refractivity contribution in [3.05, 3.63) is 107 Å². The minimum Gasteiger partial charge on any atom is -0.166 e. The first-order chi connectivity index (χ1) is 13.0. The monoisotopic (exact) mass is 360 g/mol. The molecule has 0 aromatic heterocycles. The van der Waals surface area contributed by atoms with Gasteiger partial charge in [-0.1, -0.05) is 72.8 Å². The molecule has 0 spiro atoms. The van der Waals surface area contributed by atoms with Crippen molar-refractivity contribution in [3.63, 3.8) is 0 Å². The lowest BCUT2D eigenvalue weighted by Gasteiger charge is -2.17. The van der Waals surface area contributed by atoms with E-state index in [0.29, 0.717) is 0 Å². The molecule has 0 N–H and O–H groups in total. The second-order valence-corrected chi connectivity index (χ2v) is 6.89. The van der Waals surface area contributed by atoms with Gasteiger partial charge in [0.2, 0.25) is 0 Å². The predicted octanol–water partition coefficient (Wildman–Crippen LogP) is 7.02. The first kappa shape index (κ1) is 16.1. The van der Waals surface area contributed by atoms with Crippen LogP contribution in [0.25, 0.3) is 21.9 Å². The Morgan fingerprint density at radius 2 is 1.33 bits per heavy atom. The highest BCUT2D eigenvalue weighted by Crippen LogP contribution is 2.50. The van der Waals surface area contributed by atoms with Gasteiger partial charge in [-0.3, -0.25) is 0 Å². The molecule has 4 aromatic carbocycles. The highest BCUT2D eigenvalue weighted by atomic mass is 19.4. The summed E-state index contributed by atoms with van der Waals surface area (Å²) in [6, 6.07) is 26.2. The smallest absolute Gasteiger partial charge is 0.166 e. The quantitative estimate of drug-likeness (QED) is 0.301. The number of fused-ring (bicyclic) bond motifs is 5. The van der Waals surface area contributed by atoms with Crippen LogP contribution in [0.5, 0.6) is 0 Å². The van der Waals surface area contributed by atoms with Crippen molar-refractivity contribution in [1.82, 2.24) is 0 Å². The zero-order valence-corrected chi connectivity index (χ0v) is 14.3. The summed E-state index contributed by atoms with van der Waals surface area (Å²) in [7, 11) is 0. The van der Waals surface area contributed by atoms with E-state index in [9.17, 15) is 13.2 Å². The number of hydrogen-bond donors (Lipinski definition) is 0. The Labute approximate surface area is 154 Å². The molecule has 0 fully saturated rings. The maximum Gasteiger partial charge on any atom is 0.416 e. The summed E-state index contributed by atoms with van der Waals surface area (Å²) in [5.41, 5.74) is 4.90. The summed E-state index contributed by atoms with van der Waals surface area (Å²) in [5.74, 6) is -0.0652. The molecule has 0 aliphatic heterocycles. The van der Waals surface area contributed by atoms with Crippen LogP contribution in [0.3, 0.4) is 0 Å². The van der Waals surface area contributed by atoms with E-state index in [1.54, 1.807) is 12.1 Å². The van der Waals surface area contributed by atoms with Crippen LogP contribution in [0.2, 0.25) is 0 Å². The van der Waals surface area contributed by atoms with E-state index < -0.39 is 11.7 Å². The van der Waals surface area contributed by atoms with Crippen LogP contribution < -0.4 is 0 Å². The molecular weight excluding hydrogens is 345 g/mol. The molecule has 1 aliphatic rings. The van der Waals surface area contributed by atoms with Gasteiger partial charge < -0.3 is 0 Å². The third-order valence-corrected chi connectivity index (χ3v) is 5.39. The van der Waals surface area contributed by atoms with Gasteiger partial charge in [0.05, 0.1) is 5.56 Å². The summed E-state index contributed by atoms with van der Waals surface area (Å²) >= 11 is 0. The van der Waals surface area contributed by atoms with E-state index >= 15 is 0 Å². The Kier molecular flexibility index (Phi) is 3.41. The molecule has 27 heavy (non-hydrogen) atoms. The third kappa shape index (κ3) is 2.46. The molecule has 1 atom stereocenters. The van der Waals surface area contributed by atoms with Gasteiger partial charge in [-0.25, -0.2) is 0 Å². The molecule has 3 heteroatoms. The minimum absolute atomic E-state index is 0.0652. The molecule has 0 saturated carbocycles. The molecule has 5 rings (SSSR count). The van der Waals surface area contributed by atoms with Crippen molar-refractivity contribution in [2.45, 2.75) is 12.1 Å². The van der Waals surface area contributed by atoms with Gasteiger partial charge in [0, 0.05) is 5.92 Å². The lowest BCUT2D eigenvalue weighted by Crippen LogP contribution is -2.06. The van der Waals surface area contributed by atoms with Crippen LogP contribution in [0, 0.1) is 0 Å². The average molecular weight is 360 g/mol.